The van der Waals surface area contributed by atoms with Gasteiger partial charge in [-0.25, -0.2) is 4.98 Å². The number of anilines is 1. The van der Waals surface area contributed by atoms with Crippen molar-refractivity contribution < 1.29 is 9.53 Å². The van der Waals surface area contributed by atoms with Gasteiger partial charge in [0.1, 0.15) is 10.8 Å². The molecule has 0 aromatic carbocycles. The number of hydrogen-bond acceptors (Lipinski definition) is 5. The zero-order valence-corrected chi connectivity index (χ0v) is 13.5. The predicted octanol–water partition coefficient (Wildman–Crippen LogP) is 0.897. The maximum atomic E-state index is 11.6. The first kappa shape index (κ1) is 17.3. The summed E-state index contributed by atoms with van der Waals surface area (Å²) < 4.78 is 4.87. The minimum Gasteiger partial charge on any atom is -0.389 e. The van der Waals surface area contributed by atoms with Crippen molar-refractivity contribution in [3.8, 4) is 0 Å². The van der Waals surface area contributed by atoms with Crippen LogP contribution < -0.4 is 16.4 Å². The van der Waals surface area contributed by atoms with Gasteiger partial charge in [0.2, 0.25) is 5.91 Å². The fraction of sp³-hybridized carbons (Fsp3) is 0.500. The number of amides is 1. The Balaban J connectivity index is 2.59. The van der Waals surface area contributed by atoms with Crippen LogP contribution in [0.1, 0.15) is 23.2 Å². The van der Waals surface area contributed by atoms with Gasteiger partial charge in [-0.1, -0.05) is 12.2 Å². The summed E-state index contributed by atoms with van der Waals surface area (Å²) in [5, 5.41) is 5.88. The van der Waals surface area contributed by atoms with Crippen LogP contribution in [0.5, 0.6) is 0 Å². The second kappa shape index (κ2) is 8.53. The topological polar surface area (TPSA) is 89.3 Å². The standard InChI is InChI=1S/C14H22N4O2S/c1-9-8-10(2)18-14(12(9)13(15)21)17-5-4-11(19)16-6-7-20-3/h8H,4-7H2,1-3H3,(H2,15,21)(H,16,19)(H,17,18). The first-order chi connectivity index (χ1) is 9.95. The molecular weight excluding hydrogens is 288 g/mol. The summed E-state index contributed by atoms with van der Waals surface area (Å²) in [5.74, 6) is 0.588. The molecule has 0 bridgehead atoms. The molecule has 0 saturated carbocycles. The van der Waals surface area contributed by atoms with E-state index in [1.807, 2.05) is 19.9 Å². The Labute approximate surface area is 130 Å². The predicted molar refractivity (Wildman–Crippen MR) is 87.6 cm³/mol. The van der Waals surface area contributed by atoms with E-state index in [1.54, 1.807) is 7.11 Å². The summed E-state index contributed by atoms with van der Waals surface area (Å²) in [5.41, 5.74) is 8.32. The largest absolute Gasteiger partial charge is 0.389 e. The summed E-state index contributed by atoms with van der Waals surface area (Å²) in [6, 6.07) is 1.93. The molecule has 0 aliphatic carbocycles. The van der Waals surface area contributed by atoms with Crippen LogP contribution in [0, 0.1) is 13.8 Å². The van der Waals surface area contributed by atoms with Crippen LogP contribution in [0.25, 0.3) is 0 Å². The van der Waals surface area contributed by atoms with Crippen molar-refractivity contribution in [1.29, 1.82) is 0 Å². The fourth-order valence-corrected chi connectivity index (χ4v) is 2.21. The first-order valence-corrected chi connectivity index (χ1v) is 7.14. The molecule has 0 aliphatic heterocycles. The van der Waals surface area contributed by atoms with E-state index in [4.69, 9.17) is 22.7 Å². The lowest BCUT2D eigenvalue weighted by Gasteiger charge is -2.13. The molecule has 1 rings (SSSR count). The molecule has 0 saturated heterocycles. The van der Waals surface area contributed by atoms with Crippen LogP contribution in [0.4, 0.5) is 5.82 Å². The average molecular weight is 310 g/mol. The molecule has 116 valence electrons. The van der Waals surface area contributed by atoms with E-state index in [9.17, 15) is 4.79 Å². The number of pyridine rings is 1. The third-order valence-corrected chi connectivity index (χ3v) is 3.07. The number of nitrogens with zero attached hydrogens (tertiary/aromatic N) is 1. The Morgan fingerprint density at radius 2 is 2.14 bits per heavy atom. The van der Waals surface area contributed by atoms with E-state index in [-0.39, 0.29) is 5.91 Å². The summed E-state index contributed by atoms with van der Waals surface area (Å²) in [7, 11) is 1.59. The van der Waals surface area contributed by atoms with Gasteiger partial charge >= 0.3 is 0 Å². The number of hydrogen-bond donors (Lipinski definition) is 3. The lowest BCUT2D eigenvalue weighted by Crippen LogP contribution is -2.28. The highest BCUT2D eigenvalue weighted by molar-refractivity contribution is 7.80. The van der Waals surface area contributed by atoms with Crippen molar-refractivity contribution in [2.45, 2.75) is 20.3 Å². The molecule has 1 heterocycles. The Bertz CT molecular complexity index is 520. The van der Waals surface area contributed by atoms with Gasteiger partial charge in [0.25, 0.3) is 0 Å². The van der Waals surface area contributed by atoms with E-state index in [0.717, 1.165) is 16.8 Å². The summed E-state index contributed by atoms with van der Waals surface area (Å²) in [6.07, 6.45) is 0.342. The fourth-order valence-electron chi connectivity index (χ4n) is 1.95. The third-order valence-electron chi connectivity index (χ3n) is 2.86. The molecule has 7 heteroatoms. The Morgan fingerprint density at radius 3 is 2.76 bits per heavy atom. The monoisotopic (exact) mass is 310 g/mol. The molecule has 0 unspecified atom stereocenters. The Morgan fingerprint density at radius 1 is 1.43 bits per heavy atom. The maximum Gasteiger partial charge on any atom is 0.221 e. The van der Waals surface area contributed by atoms with E-state index in [2.05, 4.69) is 15.6 Å². The molecule has 21 heavy (non-hydrogen) atoms. The quantitative estimate of drug-likeness (QED) is 0.488. The molecule has 1 aromatic rings. The minimum atomic E-state index is -0.0409. The molecule has 0 fully saturated rings. The Hall–Kier alpha value is -1.73. The van der Waals surface area contributed by atoms with E-state index >= 15 is 0 Å². The normalized spacial score (nSPS) is 10.2. The lowest BCUT2D eigenvalue weighted by molar-refractivity contribution is -0.121. The molecule has 6 nitrogen and oxygen atoms in total. The van der Waals surface area contributed by atoms with Crippen LogP contribution in [0.3, 0.4) is 0 Å². The van der Waals surface area contributed by atoms with Crippen molar-refractivity contribution in [3.05, 3.63) is 22.9 Å². The van der Waals surface area contributed by atoms with Crippen LogP contribution in [-0.4, -0.2) is 42.7 Å². The van der Waals surface area contributed by atoms with Gasteiger partial charge in [-0.15, -0.1) is 0 Å². The van der Waals surface area contributed by atoms with Gasteiger partial charge in [-0.2, -0.15) is 0 Å². The zero-order chi connectivity index (χ0) is 15.8. The highest BCUT2D eigenvalue weighted by Crippen LogP contribution is 2.18. The van der Waals surface area contributed by atoms with Gasteiger partial charge in [-0.05, 0) is 25.5 Å². The molecule has 0 spiro atoms. The van der Waals surface area contributed by atoms with Gasteiger partial charge in [0.15, 0.2) is 0 Å². The number of nitrogens with two attached hydrogens (primary N) is 1. The number of nitrogens with one attached hydrogen (secondary N) is 2. The van der Waals surface area contributed by atoms with Crippen LogP contribution >= 0.6 is 12.2 Å². The molecule has 0 atom stereocenters. The number of rotatable bonds is 8. The zero-order valence-electron chi connectivity index (χ0n) is 12.7. The second-order valence-electron chi connectivity index (χ2n) is 4.69. The van der Waals surface area contributed by atoms with Gasteiger partial charge in [-0.3, -0.25) is 4.79 Å². The van der Waals surface area contributed by atoms with Crippen molar-refractivity contribution in [2.24, 2.45) is 5.73 Å². The molecule has 0 radical (unpaired) electrons. The summed E-state index contributed by atoms with van der Waals surface area (Å²) >= 11 is 5.06. The van der Waals surface area contributed by atoms with Crippen LogP contribution in [0.2, 0.25) is 0 Å². The van der Waals surface area contributed by atoms with Crippen LogP contribution in [-0.2, 0) is 9.53 Å². The third kappa shape index (κ3) is 5.65. The number of thiocarbonyl (C=S) groups is 1. The van der Waals surface area contributed by atoms with E-state index in [1.165, 1.54) is 0 Å². The molecule has 4 N–H and O–H groups in total. The van der Waals surface area contributed by atoms with E-state index in [0.29, 0.717) is 36.9 Å². The molecule has 1 aromatic heterocycles. The first-order valence-electron chi connectivity index (χ1n) is 6.73. The number of carbonyl (C=O) groups is 1. The number of ether oxygens (including phenoxy) is 1. The van der Waals surface area contributed by atoms with Gasteiger partial charge in [0, 0.05) is 32.3 Å². The van der Waals surface area contributed by atoms with Crippen LogP contribution in [0.15, 0.2) is 6.07 Å². The SMILES string of the molecule is COCCNC(=O)CCNc1nc(C)cc(C)c1C(N)=S. The van der Waals surface area contributed by atoms with Crippen molar-refractivity contribution in [2.75, 3.05) is 32.1 Å². The minimum absolute atomic E-state index is 0.0409. The molecule has 1 amide bonds. The van der Waals surface area contributed by atoms with Crippen molar-refractivity contribution in [3.63, 3.8) is 0 Å². The number of carbonyl (C=O) groups excluding carboxylic acids is 1. The van der Waals surface area contributed by atoms with E-state index < -0.39 is 0 Å². The lowest BCUT2D eigenvalue weighted by atomic mass is 10.1. The summed E-state index contributed by atoms with van der Waals surface area (Å²) in [4.78, 5) is 16.3. The molecular formula is C14H22N4O2S. The van der Waals surface area contributed by atoms with Gasteiger partial charge < -0.3 is 21.1 Å². The Kier molecular flexibility index (Phi) is 7.04. The van der Waals surface area contributed by atoms with Crippen molar-refractivity contribution >= 4 is 28.9 Å². The average Bonchev–Trinajstić information content (AvgIpc) is 2.37. The number of methoxy groups -OCH3 is 1. The van der Waals surface area contributed by atoms with Gasteiger partial charge in [0.05, 0.1) is 12.2 Å². The highest BCUT2D eigenvalue weighted by Gasteiger charge is 2.11. The smallest absolute Gasteiger partial charge is 0.221 e. The number of aromatic nitrogens is 1. The van der Waals surface area contributed by atoms with Crippen molar-refractivity contribution in [1.82, 2.24) is 10.3 Å². The maximum absolute atomic E-state index is 11.6. The summed E-state index contributed by atoms with van der Waals surface area (Å²) in [6.45, 7) is 5.31. The molecule has 0 aliphatic rings. The number of aryl methyl sites for hydroxylation is 2. The second-order valence-corrected chi connectivity index (χ2v) is 5.13. The highest BCUT2D eigenvalue weighted by atomic mass is 32.1.